The number of hydrogen-bond acceptors (Lipinski definition) is 5. The second kappa shape index (κ2) is 10.1. The minimum absolute atomic E-state index is 0.299. The Morgan fingerprint density at radius 3 is 2.78 bits per heavy atom. The van der Waals surface area contributed by atoms with Crippen molar-refractivity contribution in [3.05, 3.63) is 35.9 Å². The number of ether oxygens (including phenoxy) is 2. The molecule has 1 aromatic rings. The molecule has 6 nitrogen and oxygen atoms in total. The molecule has 0 saturated carbocycles. The summed E-state index contributed by atoms with van der Waals surface area (Å²) in [5.74, 6) is 0.462. The van der Waals surface area contributed by atoms with Crippen LogP contribution in [0, 0.1) is 5.92 Å². The van der Waals surface area contributed by atoms with Crippen LogP contribution in [0.2, 0.25) is 0 Å². The molecule has 27 heavy (non-hydrogen) atoms. The molecule has 0 radical (unpaired) electrons. The van der Waals surface area contributed by atoms with Crippen molar-refractivity contribution < 1.29 is 19.4 Å². The molecule has 2 N–H and O–H groups in total. The van der Waals surface area contributed by atoms with Gasteiger partial charge in [-0.15, -0.1) is 0 Å². The highest BCUT2D eigenvalue weighted by molar-refractivity contribution is 5.67. The molecular weight excluding hydrogens is 344 g/mol. The zero-order valence-corrected chi connectivity index (χ0v) is 16.1. The van der Waals surface area contributed by atoms with E-state index in [9.17, 15) is 9.90 Å². The lowest BCUT2D eigenvalue weighted by Crippen LogP contribution is -2.47. The molecule has 150 valence electrons. The molecule has 6 heteroatoms. The van der Waals surface area contributed by atoms with Crippen LogP contribution in [0.3, 0.4) is 0 Å². The summed E-state index contributed by atoms with van der Waals surface area (Å²) in [6.07, 6.45) is 4.32. The van der Waals surface area contributed by atoms with E-state index in [2.05, 4.69) is 10.2 Å². The van der Waals surface area contributed by atoms with Gasteiger partial charge in [0.1, 0.15) is 6.61 Å². The lowest BCUT2D eigenvalue weighted by molar-refractivity contribution is -0.0795. The lowest BCUT2D eigenvalue weighted by Gasteiger charge is -2.36. The highest BCUT2D eigenvalue weighted by Gasteiger charge is 2.32. The summed E-state index contributed by atoms with van der Waals surface area (Å²) >= 11 is 0. The van der Waals surface area contributed by atoms with E-state index >= 15 is 0 Å². The lowest BCUT2D eigenvalue weighted by atomic mass is 9.93. The van der Waals surface area contributed by atoms with E-state index < -0.39 is 5.60 Å². The number of hydrogen-bond donors (Lipinski definition) is 2. The predicted molar refractivity (Wildman–Crippen MR) is 103 cm³/mol. The molecule has 2 heterocycles. The van der Waals surface area contributed by atoms with Gasteiger partial charge in [-0.2, -0.15) is 0 Å². The Morgan fingerprint density at radius 2 is 2.00 bits per heavy atom. The summed E-state index contributed by atoms with van der Waals surface area (Å²) in [5, 5.41) is 13.6. The molecule has 1 unspecified atom stereocenters. The van der Waals surface area contributed by atoms with Crippen LogP contribution in [0.1, 0.15) is 37.7 Å². The monoisotopic (exact) mass is 376 g/mol. The van der Waals surface area contributed by atoms with Gasteiger partial charge in [0.15, 0.2) is 0 Å². The van der Waals surface area contributed by atoms with Crippen molar-refractivity contribution in [2.75, 3.05) is 39.4 Å². The molecule has 2 aliphatic heterocycles. The van der Waals surface area contributed by atoms with Crippen molar-refractivity contribution in [1.82, 2.24) is 10.2 Å². The minimum Gasteiger partial charge on any atom is -0.445 e. The standard InChI is InChI=1S/C21H32N2O4/c24-20(27-16-19-5-2-1-3-6-19)22-15-18-7-4-11-23(12-8-18)17-21(25)9-13-26-14-10-21/h1-3,5-6,18,25H,4,7-17H2,(H,22,24). The van der Waals surface area contributed by atoms with Gasteiger partial charge >= 0.3 is 6.09 Å². The summed E-state index contributed by atoms with van der Waals surface area (Å²) in [7, 11) is 0. The van der Waals surface area contributed by atoms with Gasteiger partial charge in [-0.25, -0.2) is 4.79 Å². The molecule has 2 fully saturated rings. The van der Waals surface area contributed by atoms with E-state index in [1.54, 1.807) is 0 Å². The number of likely N-dealkylation sites (tertiary alicyclic amines) is 1. The fraction of sp³-hybridized carbons (Fsp3) is 0.667. The van der Waals surface area contributed by atoms with Crippen LogP contribution >= 0.6 is 0 Å². The van der Waals surface area contributed by atoms with Crippen LogP contribution in [0.4, 0.5) is 4.79 Å². The van der Waals surface area contributed by atoms with Gasteiger partial charge in [-0.3, -0.25) is 0 Å². The largest absolute Gasteiger partial charge is 0.445 e. The number of carbonyl (C=O) groups is 1. The number of nitrogens with zero attached hydrogens (tertiary/aromatic N) is 1. The van der Waals surface area contributed by atoms with Crippen molar-refractivity contribution in [2.45, 2.75) is 44.3 Å². The number of rotatable bonds is 6. The smallest absolute Gasteiger partial charge is 0.407 e. The van der Waals surface area contributed by atoms with Crippen molar-refractivity contribution in [3.63, 3.8) is 0 Å². The Labute approximate surface area is 161 Å². The van der Waals surface area contributed by atoms with E-state index in [0.29, 0.717) is 32.3 Å². The number of benzene rings is 1. The maximum absolute atomic E-state index is 11.9. The molecular formula is C21H32N2O4. The predicted octanol–water partition coefficient (Wildman–Crippen LogP) is 2.56. The zero-order valence-electron chi connectivity index (χ0n) is 16.1. The fourth-order valence-electron chi connectivity index (χ4n) is 3.91. The van der Waals surface area contributed by atoms with Crippen molar-refractivity contribution in [1.29, 1.82) is 0 Å². The normalized spacial score (nSPS) is 23.4. The highest BCUT2D eigenvalue weighted by Crippen LogP contribution is 2.24. The maximum Gasteiger partial charge on any atom is 0.407 e. The molecule has 1 amide bonds. The van der Waals surface area contributed by atoms with Gasteiger partial charge in [0, 0.05) is 39.1 Å². The van der Waals surface area contributed by atoms with Crippen LogP contribution in [-0.2, 0) is 16.1 Å². The van der Waals surface area contributed by atoms with Gasteiger partial charge in [-0.1, -0.05) is 30.3 Å². The molecule has 0 aliphatic carbocycles. The number of amides is 1. The fourth-order valence-corrected chi connectivity index (χ4v) is 3.91. The third-order valence-electron chi connectivity index (χ3n) is 5.63. The van der Waals surface area contributed by atoms with Crippen LogP contribution in [0.25, 0.3) is 0 Å². The Bertz CT molecular complexity index is 575. The summed E-state index contributed by atoms with van der Waals surface area (Å²) in [6, 6.07) is 9.70. The van der Waals surface area contributed by atoms with E-state index in [0.717, 1.165) is 57.3 Å². The average Bonchev–Trinajstić information content (AvgIpc) is 2.91. The number of nitrogens with one attached hydrogen (secondary N) is 1. The van der Waals surface area contributed by atoms with Crippen molar-refractivity contribution in [2.24, 2.45) is 5.92 Å². The van der Waals surface area contributed by atoms with Crippen molar-refractivity contribution >= 4 is 6.09 Å². The number of alkyl carbamates (subject to hydrolysis) is 1. The van der Waals surface area contributed by atoms with E-state index in [4.69, 9.17) is 9.47 Å². The van der Waals surface area contributed by atoms with Gasteiger partial charge in [0.2, 0.25) is 0 Å². The number of aliphatic hydroxyl groups is 1. The first-order chi connectivity index (χ1) is 13.1. The summed E-state index contributed by atoms with van der Waals surface area (Å²) in [5.41, 5.74) is 0.390. The Balaban J connectivity index is 1.35. The molecule has 0 bridgehead atoms. The molecule has 3 rings (SSSR count). The Morgan fingerprint density at radius 1 is 1.22 bits per heavy atom. The quantitative estimate of drug-likeness (QED) is 0.798. The zero-order chi connectivity index (χ0) is 19.0. The third kappa shape index (κ3) is 6.79. The van der Waals surface area contributed by atoms with E-state index in [1.807, 2.05) is 30.3 Å². The van der Waals surface area contributed by atoms with Gasteiger partial charge < -0.3 is 24.8 Å². The molecule has 2 saturated heterocycles. The SMILES string of the molecule is O=C(NCC1CCCN(CC2(O)CCOCC2)CC1)OCc1ccccc1. The second-order valence-corrected chi connectivity index (χ2v) is 7.85. The van der Waals surface area contributed by atoms with Gasteiger partial charge in [0.05, 0.1) is 5.60 Å². The second-order valence-electron chi connectivity index (χ2n) is 7.85. The van der Waals surface area contributed by atoms with Gasteiger partial charge in [-0.05, 0) is 43.8 Å². The summed E-state index contributed by atoms with van der Waals surface area (Å²) in [4.78, 5) is 14.3. The van der Waals surface area contributed by atoms with Crippen LogP contribution in [0.5, 0.6) is 0 Å². The van der Waals surface area contributed by atoms with Crippen LogP contribution < -0.4 is 5.32 Å². The number of β-amino-alcohol motifs (C(OH)–C–C–N with tert-alkyl or cyclic N) is 1. The number of carbonyl (C=O) groups excluding carboxylic acids is 1. The molecule has 1 atom stereocenters. The first-order valence-electron chi connectivity index (χ1n) is 10.1. The van der Waals surface area contributed by atoms with E-state index in [-0.39, 0.29) is 6.09 Å². The third-order valence-corrected chi connectivity index (χ3v) is 5.63. The molecule has 1 aromatic carbocycles. The van der Waals surface area contributed by atoms with Crippen molar-refractivity contribution in [3.8, 4) is 0 Å². The summed E-state index contributed by atoms with van der Waals surface area (Å²) in [6.45, 7) is 4.97. The Kier molecular flexibility index (Phi) is 7.50. The molecule has 0 aromatic heterocycles. The van der Waals surface area contributed by atoms with Crippen LogP contribution in [-0.4, -0.2) is 61.1 Å². The molecule has 0 spiro atoms. The summed E-state index contributed by atoms with van der Waals surface area (Å²) < 4.78 is 10.6. The maximum atomic E-state index is 11.9. The molecule has 2 aliphatic rings. The van der Waals surface area contributed by atoms with E-state index in [1.165, 1.54) is 0 Å². The minimum atomic E-state index is -0.600. The van der Waals surface area contributed by atoms with Gasteiger partial charge in [0.25, 0.3) is 0 Å². The first kappa shape index (κ1) is 20.1. The van der Waals surface area contributed by atoms with Crippen LogP contribution in [0.15, 0.2) is 30.3 Å². The topological polar surface area (TPSA) is 71.0 Å². The Hall–Kier alpha value is -1.63. The first-order valence-corrected chi connectivity index (χ1v) is 10.1. The average molecular weight is 376 g/mol. The highest BCUT2D eigenvalue weighted by atomic mass is 16.5.